The van der Waals surface area contributed by atoms with E-state index >= 15 is 0 Å². The number of aromatic nitrogens is 2. The number of sulfonamides is 1. The third-order valence-electron chi connectivity index (χ3n) is 6.96. The molecule has 5 rings (SSSR count). The molecule has 0 saturated carbocycles. The molecule has 0 radical (unpaired) electrons. The van der Waals surface area contributed by atoms with Gasteiger partial charge in [0.05, 0.1) is 4.90 Å². The minimum absolute atomic E-state index is 0.228. The number of benzene rings is 2. The summed E-state index contributed by atoms with van der Waals surface area (Å²) in [5.41, 5.74) is 2.09. The predicted octanol–water partition coefficient (Wildman–Crippen LogP) is 3.62. The van der Waals surface area contributed by atoms with Crippen molar-refractivity contribution < 1.29 is 13.2 Å². The Morgan fingerprint density at radius 2 is 1.75 bits per heavy atom. The first-order valence-corrected chi connectivity index (χ1v) is 15.2. The number of piperazine rings is 1. The zero-order valence-corrected chi connectivity index (χ0v) is 24.5. The summed E-state index contributed by atoms with van der Waals surface area (Å²) in [6.07, 6.45) is 2.62. The number of likely N-dealkylation sites (N-methyl/N-ethyl adjacent to an activating group) is 1. The first-order chi connectivity index (χ1) is 19.1. The van der Waals surface area contributed by atoms with Gasteiger partial charge in [-0.2, -0.15) is 4.98 Å². The van der Waals surface area contributed by atoms with E-state index in [1.165, 1.54) is 0 Å². The molecule has 40 heavy (non-hydrogen) atoms. The standard InChI is InChI=1S/C29H39N7O3S/c1-29(2,3)33-40(37,38)26-7-5-6-24(20-26)36-13-12-22-21-30-28(32-27(22)36)31-23-8-10-25(11-9-23)39-19-18-35-16-14-34(4)15-17-35/h5-11,20-21,33H,12-19H2,1-4H3,(H,30,31,32). The molecule has 2 aliphatic heterocycles. The summed E-state index contributed by atoms with van der Waals surface area (Å²) in [5.74, 6) is 2.09. The van der Waals surface area contributed by atoms with Crippen molar-refractivity contribution in [1.82, 2.24) is 24.5 Å². The number of rotatable bonds is 9. The molecule has 1 fully saturated rings. The normalized spacial score (nSPS) is 16.6. The van der Waals surface area contributed by atoms with Crippen LogP contribution in [0.2, 0.25) is 0 Å². The van der Waals surface area contributed by atoms with Gasteiger partial charge in [-0.25, -0.2) is 18.1 Å². The highest BCUT2D eigenvalue weighted by molar-refractivity contribution is 7.89. The van der Waals surface area contributed by atoms with Crippen LogP contribution in [0.3, 0.4) is 0 Å². The molecule has 10 nitrogen and oxygen atoms in total. The molecule has 0 amide bonds. The van der Waals surface area contributed by atoms with Crippen molar-refractivity contribution in [2.24, 2.45) is 0 Å². The number of nitrogens with zero attached hydrogens (tertiary/aromatic N) is 5. The molecule has 2 aromatic carbocycles. The smallest absolute Gasteiger partial charge is 0.241 e. The predicted molar refractivity (Wildman–Crippen MR) is 158 cm³/mol. The van der Waals surface area contributed by atoms with Crippen LogP contribution in [0.15, 0.2) is 59.6 Å². The van der Waals surface area contributed by atoms with Crippen molar-refractivity contribution in [1.29, 1.82) is 0 Å². The zero-order chi connectivity index (χ0) is 28.3. The molecule has 214 valence electrons. The van der Waals surface area contributed by atoms with Gasteiger partial charge in [-0.15, -0.1) is 0 Å². The monoisotopic (exact) mass is 565 g/mol. The van der Waals surface area contributed by atoms with Gasteiger partial charge in [-0.3, -0.25) is 4.90 Å². The fourth-order valence-electron chi connectivity index (χ4n) is 4.87. The van der Waals surface area contributed by atoms with Crippen LogP contribution in [0.25, 0.3) is 0 Å². The molecule has 2 N–H and O–H groups in total. The molecule has 0 bridgehead atoms. The lowest BCUT2D eigenvalue weighted by Crippen LogP contribution is -2.45. The lowest BCUT2D eigenvalue weighted by molar-refractivity contribution is 0.134. The summed E-state index contributed by atoms with van der Waals surface area (Å²) < 4.78 is 34.5. The van der Waals surface area contributed by atoms with E-state index in [9.17, 15) is 8.42 Å². The Kier molecular flexibility index (Phi) is 8.27. The second-order valence-electron chi connectivity index (χ2n) is 11.4. The minimum Gasteiger partial charge on any atom is -0.492 e. The quantitative estimate of drug-likeness (QED) is 0.403. The van der Waals surface area contributed by atoms with Crippen molar-refractivity contribution in [2.45, 2.75) is 37.6 Å². The van der Waals surface area contributed by atoms with E-state index < -0.39 is 15.6 Å². The number of nitrogens with one attached hydrogen (secondary N) is 2. The van der Waals surface area contributed by atoms with Gasteiger partial charge in [0.1, 0.15) is 18.2 Å². The van der Waals surface area contributed by atoms with E-state index in [0.717, 1.165) is 67.7 Å². The highest BCUT2D eigenvalue weighted by Crippen LogP contribution is 2.34. The van der Waals surface area contributed by atoms with Gasteiger partial charge < -0.3 is 19.9 Å². The summed E-state index contributed by atoms with van der Waals surface area (Å²) in [5, 5.41) is 3.28. The largest absolute Gasteiger partial charge is 0.492 e. The molecule has 0 atom stereocenters. The molecule has 3 aromatic rings. The number of anilines is 4. The number of hydrogen-bond acceptors (Lipinski definition) is 9. The van der Waals surface area contributed by atoms with Gasteiger partial charge in [-0.1, -0.05) is 6.07 Å². The summed E-state index contributed by atoms with van der Waals surface area (Å²) in [7, 11) is -1.49. The average Bonchev–Trinajstić information content (AvgIpc) is 3.33. The second-order valence-corrected chi connectivity index (χ2v) is 13.1. The van der Waals surface area contributed by atoms with Crippen molar-refractivity contribution in [3.63, 3.8) is 0 Å². The Morgan fingerprint density at radius 1 is 1.00 bits per heavy atom. The number of fused-ring (bicyclic) bond motifs is 1. The molecule has 2 aliphatic rings. The van der Waals surface area contributed by atoms with Crippen LogP contribution < -0.4 is 19.7 Å². The maximum atomic E-state index is 12.9. The molecule has 3 heterocycles. The SMILES string of the molecule is CN1CCN(CCOc2ccc(Nc3ncc4c(n3)N(c3cccc(S(=O)(=O)NC(C)(C)C)c3)CC4)cc2)CC1. The molecular formula is C29H39N7O3S. The summed E-state index contributed by atoms with van der Waals surface area (Å²) in [6, 6.07) is 14.8. The van der Waals surface area contributed by atoms with E-state index in [1.807, 2.05) is 62.2 Å². The van der Waals surface area contributed by atoms with Crippen LogP contribution in [0.4, 0.5) is 23.1 Å². The lowest BCUT2D eigenvalue weighted by Gasteiger charge is -2.32. The van der Waals surface area contributed by atoms with Gasteiger partial charge in [0, 0.05) is 67.9 Å². The maximum Gasteiger partial charge on any atom is 0.241 e. The zero-order valence-electron chi connectivity index (χ0n) is 23.7. The van der Waals surface area contributed by atoms with Crippen molar-refractivity contribution in [2.75, 3.05) is 63.1 Å². The summed E-state index contributed by atoms with van der Waals surface area (Å²) >= 11 is 0. The van der Waals surface area contributed by atoms with E-state index in [1.54, 1.807) is 18.2 Å². The Morgan fingerprint density at radius 3 is 2.48 bits per heavy atom. The van der Waals surface area contributed by atoms with E-state index in [-0.39, 0.29) is 4.90 Å². The Labute approximate surface area is 237 Å². The Hall–Kier alpha value is -3.25. The minimum atomic E-state index is -3.65. The Balaban J connectivity index is 1.23. The third-order valence-corrected chi connectivity index (χ3v) is 8.72. The van der Waals surface area contributed by atoms with Gasteiger partial charge in [-0.05, 0) is 76.7 Å². The fraction of sp³-hybridized carbons (Fsp3) is 0.448. The molecule has 1 saturated heterocycles. The Bertz CT molecular complexity index is 1420. The van der Waals surface area contributed by atoms with Gasteiger partial charge >= 0.3 is 0 Å². The van der Waals surface area contributed by atoms with Crippen molar-refractivity contribution >= 4 is 33.2 Å². The number of ether oxygens (including phenoxy) is 1. The number of hydrogen-bond donors (Lipinski definition) is 2. The fourth-order valence-corrected chi connectivity index (χ4v) is 6.32. The van der Waals surface area contributed by atoms with Gasteiger partial charge in [0.15, 0.2) is 0 Å². The second kappa shape index (κ2) is 11.7. The van der Waals surface area contributed by atoms with Crippen LogP contribution in [-0.4, -0.2) is 86.6 Å². The summed E-state index contributed by atoms with van der Waals surface area (Å²) in [4.78, 5) is 16.3. The third kappa shape index (κ3) is 7.08. The average molecular weight is 566 g/mol. The highest BCUT2D eigenvalue weighted by atomic mass is 32.2. The van der Waals surface area contributed by atoms with Crippen LogP contribution in [-0.2, 0) is 16.4 Å². The van der Waals surface area contributed by atoms with E-state index in [4.69, 9.17) is 9.72 Å². The summed E-state index contributed by atoms with van der Waals surface area (Å²) in [6.45, 7) is 12.1. The van der Waals surface area contributed by atoms with Crippen molar-refractivity contribution in [3.8, 4) is 5.75 Å². The van der Waals surface area contributed by atoms with Crippen LogP contribution in [0.1, 0.15) is 26.3 Å². The topological polar surface area (TPSA) is 103 Å². The lowest BCUT2D eigenvalue weighted by atomic mass is 10.1. The maximum absolute atomic E-state index is 12.9. The molecule has 1 aromatic heterocycles. The molecule has 0 unspecified atom stereocenters. The van der Waals surface area contributed by atoms with Crippen LogP contribution in [0, 0.1) is 0 Å². The first kappa shape index (κ1) is 28.3. The van der Waals surface area contributed by atoms with Crippen LogP contribution in [0.5, 0.6) is 5.75 Å². The molecular weight excluding hydrogens is 526 g/mol. The molecule has 11 heteroatoms. The van der Waals surface area contributed by atoms with Crippen LogP contribution >= 0.6 is 0 Å². The molecule has 0 aliphatic carbocycles. The first-order valence-electron chi connectivity index (χ1n) is 13.7. The highest BCUT2D eigenvalue weighted by Gasteiger charge is 2.26. The van der Waals surface area contributed by atoms with E-state index in [0.29, 0.717) is 19.1 Å². The molecule has 0 spiro atoms. The van der Waals surface area contributed by atoms with E-state index in [2.05, 4.69) is 31.9 Å². The van der Waals surface area contributed by atoms with Crippen molar-refractivity contribution in [3.05, 3.63) is 60.3 Å². The van der Waals surface area contributed by atoms with Gasteiger partial charge in [0.2, 0.25) is 16.0 Å². The van der Waals surface area contributed by atoms with Gasteiger partial charge in [0.25, 0.3) is 0 Å².